The lowest BCUT2D eigenvalue weighted by molar-refractivity contribution is -0.117. The highest BCUT2D eigenvalue weighted by atomic mass is 79.9. The maximum atomic E-state index is 10.7. The molecule has 5 N–H and O–H groups in total. The third kappa shape index (κ3) is 2.70. The number of primary amides is 1. The number of nitrogens with two attached hydrogens (primary N) is 2. The van der Waals surface area contributed by atoms with Gasteiger partial charge in [0.1, 0.15) is 0 Å². The number of rotatable bonds is 4. The molecule has 0 atom stereocenters. The first-order valence-electron chi connectivity index (χ1n) is 5.44. The monoisotopic (exact) mass is 308 g/mol. The number of hydrogen-bond donors (Lipinski definition) is 3. The Morgan fingerprint density at radius 3 is 2.94 bits per heavy atom. The number of nitrogens with zero attached hydrogens (tertiary/aromatic N) is 1. The van der Waals surface area contributed by atoms with Gasteiger partial charge in [-0.3, -0.25) is 9.78 Å². The van der Waals surface area contributed by atoms with E-state index in [-0.39, 0.29) is 12.3 Å². The molecule has 0 unspecified atom stereocenters. The van der Waals surface area contributed by atoms with Crippen LogP contribution in [0, 0.1) is 0 Å². The first kappa shape index (κ1) is 12.6. The molecule has 0 aliphatic heterocycles. The molecule has 1 amide bonds. The van der Waals surface area contributed by atoms with E-state index in [1.165, 1.54) is 0 Å². The molecule has 0 bridgehead atoms. The Morgan fingerprint density at radius 1 is 1.44 bits per heavy atom. The van der Waals surface area contributed by atoms with Gasteiger partial charge in [-0.05, 0) is 34.1 Å². The lowest BCUT2D eigenvalue weighted by Crippen LogP contribution is -2.16. The van der Waals surface area contributed by atoms with E-state index < -0.39 is 0 Å². The van der Waals surface area contributed by atoms with E-state index in [9.17, 15) is 4.79 Å². The number of pyridine rings is 1. The van der Waals surface area contributed by atoms with Crippen molar-refractivity contribution in [3.05, 3.63) is 28.9 Å². The van der Waals surface area contributed by atoms with Crippen molar-refractivity contribution in [3.8, 4) is 0 Å². The standard InChI is InChI=1S/C12H13BrN4O/c13-7-5-8-9(14)1-2-10(12(8)17-6-7)16-4-3-11(15)18/h1-2,5-6,16H,3-4,14H2,(H2,15,18). The number of hydrogen-bond acceptors (Lipinski definition) is 4. The number of nitrogen functional groups attached to an aromatic ring is 1. The minimum absolute atomic E-state index is 0.280. The number of amides is 1. The summed E-state index contributed by atoms with van der Waals surface area (Å²) < 4.78 is 0.871. The molecular formula is C12H13BrN4O. The molecule has 94 valence electrons. The Kier molecular flexibility index (Phi) is 3.66. The van der Waals surface area contributed by atoms with Crippen LogP contribution >= 0.6 is 15.9 Å². The Morgan fingerprint density at radius 2 is 2.22 bits per heavy atom. The van der Waals surface area contributed by atoms with Gasteiger partial charge in [-0.1, -0.05) is 0 Å². The number of carbonyl (C=O) groups excluding carboxylic acids is 1. The van der Waals surface area contributed by atoms with Crippen LogP contribution in [0.4, 0.5) is 11.4 Å². The van der Waals surface area contributed by atoms with Gasteiger partial charge in [0.05, 0.1) is 11.2 Å². The first-order valence-corrected chi connectivity index (χ1v) is 6.23. The number of carbonyl (C=O) groups is 1. The second-order valence-electron chi connectivity index (χ2n) is 3.90. The summed E-state index contributed by atoms with van der Waals surface area (Å²) in [5.41, 5.74) is 13.3. The second kappa shape index (κ2) is 5.22. The fraction of sp³-hybridized carbons (Fsp3) is 0.167. The van der Waals surface area contributed by atoms with Gasteiger partial charge in [0.25, 0.3) is 0 Å². The SMILES string of the molecule is NC(=O)CCNc1ccc(N)c2cc(Br)cnc12. The van der Waals surface area contributed by atoms with Gasteiger partial charge >= 0.3 is 0 Å². The minimum atomic E-state index is -0.335. The summed E-state index contributed by atoms with van der Waals surface area (Å²) in [5, 5.41) is 4.00. The molecule has 0 radical (unpaired) electrons. The number of halogens is 1. The Bertz CT molecular complexity index is 600. The number of nitrogens with one attached hydrogen (secondary N) is 1. The van der Waals surface area contributed by atoms with Crippen molar-refractivity contribution in [3.63, 3.8) is 0 Å². The summed E-state index contributed by atoms with van der Waals surface area (Å²) in [6.07, 6.45) is 1.99. The highest BCUT2D eigenvalue weighted by molar-refractivity contribution is 9.10. The van der Waals surface area contributed by atoms with Crippen LogP contribution in [0.15, 0.2) is 28.9 Å². The van der Waals surface area contributed by atoms with Crippen LogP contribution in [0.3, 0.4) is 0 Å². The molecule has 0 saturated heterocycles. The fourth-order valence-electron chi connectivity index (χ4n) is 1.68. The lowest BCUT2D eigenvalue weighted by Gasteiger charge is -2.10. The summed E-state index contributed by atoms with van der Waals surface area (Å²) in [5.74, 6) is -0.335. The second-order valence-corrected chi connectivity index (χ2v) is 4.81. The molecule has 0 fully saturated rings. The van der Waals surface area contributed by atoms with E-state index in [1.54, 1.807) is 6.20 Å². The molecule has 1 heterocycles. The predicted octanol–water partition coefficient (Wildman–Crippen LogP) is 1.87. The molecule has 5 nitrogen and oxygen atoms in total. The molecule has 0 aliphatic rings. The minimum Gasteiger partial charge on any atom is -0.398 e. The normalized spacial score (nSPS) is 10.5. The molecule has 0 saturated carbocycles. The van der Waals surface area contributed by atoms with Crippen LogP contribution in [0.1, 0.15) is 6.42 Å². The number of benzene rings is 1. The van der Waals surface area contributed by atoms with E-state index in [1.807, 2.05) is 18.2 Å². The topological polar surface area (TPSA) is 94.0 Å². The van der Waals surface area contributed by atoms with Crippen molar-refractivity contribution in [2.24, 2.45) is 5.73 Å². The van der Waals surface area contributed by atoms with Gasteiger partial charge in [0.15, 0.2) is 0 Å². The molecule has 18 heavy (non-hydrogen) atoms. The van der Waals surface area contributed by atoms with Crippen molar-refractivity contribution in [1.82, 2.24) is 4.98 Å². The van der Waals surface area contributed by atoms with Crippen molar-refractivity contribution in [1.29, 1.82) is 0 Å². The van der Waals surface area contributed by atoms with Crippen LogP contribution in [-0.2, 0) is 4.79 Å². The van der Waals surface area contributed by atoms with Crippen molar-refractivity contribution in [2.75, 3.05) is 17.6 Å². The van der Waals surface area contributed by atoms with Gasteiger partial charge < -0.3 is 16.8 Å². The quantitative estimate of drug-likeness (QED) is 0.751. The van der Waals surface area contributed by atoms with Gasteiger partial charge in [-0.2, -0.15) is 0 Å². The van der Waals surface area contributed by atoms with Gasteiger partial charge in [-0.15, -0.1) is 0 Å². The van der Waals surface area contributed by atoms with E-state index in [4.69, 9.17) is 11.5 Å². The summed E-state index contributed by atoms with van der Waals surface area (Å²) >= 11 is 3.36. The zero-order chi connectivity index (χ0) is 13.1. The van der Waals surface area contributed by atoms with Gasteiger partial charge in [-0.25, -0.2) is 0 Å². The van der Waals surface area contributed by atoms with Crippen molar-refractivity contribution >= 4 is 44.1 Å². The number of fused-ring (bicyclic) bond motifs is 1. The highest BCUT2D eigenvalue weighted by Gasteiger charge is 2.06. The first-order chi connectivity index (χ1) is 8.58. The molecule has 0 spiro atoms. The molecule has 2 rings (SSSR count). The summed E-state index contributed by atoms with van der Waals surface area (Å²) in [6.45, 7) is 0.478. The molecule has 1 aromatic carbocycles. The molecular weight excluding hydrogens is 296 g/mol. The third-order valence-electron chi connectivity index (χ3n) is 2.54. The van der Waals surface area contributed by atoms with Gasteiger partial charge in [0, 0.05) is 34.7 Å². The van der Waals surface area contributed by atoms with Crippen LogP contribution in [-0.4, -0.2) is 17.4 Å². The third-order valence-corrected chi connectivity index (χ3v) is 2.97. The lowest BCUT2D eigenvalue weighted by atomic mass is 10.1. The largest absolute Gasteiger partial charge is 0.398 e. The number of aromatic nitrogens is 1. The Labute approximate surface area is 113 Å². The highest BCUT2D eigenvalue weighted by Crippen LogP contribution is 2.28. The predicted molar refractivity (Wildman–Crippen MR) is 76.2 cm³/mol. The van der Waals surface area contributed by atoms with Crippen molar-refractivity contribution < 1.29 is 4.79 Å². The zero-order valence-corrected chi connectivity index (χ0v) is 11.2. The van der Waals surface area contributed by atoms with Gasteiger partial charge in [0.2, 0.25) is 5.91 Å². The van der Waals surface area contributed by atoms with E-state index in [2.05, 4.69) is 26.2 Å². The average Bonchev–Trinajstić information content (AvgIpc) is 2.32. The summed E-state index contributed by atoms with van der Waals surface area (Å²) in [4.78, 5) is 15.0. The van der Waals surface area contributed by atoms with Crippen LogP contribution in [0.25, 0.3) is 10.9 Å². The maximum Gasteiger partial charge on any atom is 0.219 e. The summed E-state index contributed by atoms with van der Waals surface area (Å²) in [7, 11) is 0. The Balaban J connectivity index is 2.34. The van der Waals surface area contributed by atoms with Crippen LogP contribution < -0.4 is 16.8 Å². The number of anilines is 2. The van der Waals surface area contributed by atoms with E-state index >= 15 is 0 Å². The molecule has 1 aromatic heterocycles. The Hall–Kier alpha value is -1.82. The van der Waals surface area contributed by atoms with Crippen molar-refractivity contribution in [2.45, 2.75) is 6.42 Å². The molecule has 0 aliphatic carbocycles. The smallest absolute Gasteiger partial charge is 0.219 e. The van der Waals surface area contributed by atoms with Crippen LogP contribution in [0.2, 0.25) is 0 Å². The molecule has 6 heteroatoms. The maximum absolute atomic E-state index is 10.7. The van der Waals surface area contributed by atoms with E-state index in [0.29, 0.717) is 12.2 Å². The molecule has 2 aromatic rings. The average molecular weight is 309 g/mol. The fourth-order valence-corrected chi connectivity index (χ4v) is 2.01. The van der Waals surface area contributed by atoms with Crippen LogP contribution in [0.5, 0.6) is 0 Å². The van der Waals surface area contributed by atoms with E-state index in [0.717, 1.165) is 21.1 Å². The summed E-state index contributed by atoms with van der Waals surface area (Å²) in [6, 6.07) is 5.57. The zero-order valence-electron chi connectivity index (χ0n) is 9.61.